The molecule has 0 aliphatic rings. The van der Waals surface area contributed by atoms with Gasteiger partial charge >= 0.3 is 0 Å². The molecule has 1 aromatic carbocycles. The molecule has 0 atom stereocenters. The number of aromatic nitrogens is 1. The molecule has 3 N–H and O–H groups in total. The summed E-state index contributed by atoms with van der Waals surface area (Å²) in [7, 11) is 1.49. The molecular weight excluding hydrogens is 398 g/mol. The lowest BCUT2D eigenvalue weighted by molar-refractivity contribution is 0.0963. The molecule has 0 bridgehead atoms. The van der Waals surface area contributed by atoms with Crippen molar-refractivity contribution < 1.29 is 4.79 Å². The third-order valence-electron chi connectivity index (χ3n) is 2.27. The molecule has 1 heterocycles. The molecule has 100 valence electrons. The molecule has 8 heteroatoms. The number of amides is 1. The van der Waals surface area contributed by atoms with Crippen molar-refractivity contribution in [3.63, 3.8) is 0 Å². The van der Waals surface area contributed by atoms with Crippen LogP contribution in [0.25, 0.3) is 0 Å². The Kier molecular flexibility index (Phi) is 4.43. The van der Waals surface area contributed by atoms with Gasteiger partial charge in [-0.1, -0.05) is 31.9 Å². The van der Waals surface area contributed by atoms with E-state index in [-0.39, 0.29) is 5.56 Å². The average Bonchev–Trinajstić information content (AvgIpc) is 2.68. The largest absolute Gasteiger partial charge is 0.355 e. The summed E-state index contributed by atoms with van der Waals surface area (Å²) in [4.78, 5) is 23.3. The molecule has 0 unspecified atom stereocenters. The Hall–Kier alpha value is -1.12. The smallest absolute Gasteiger partial charge is 0.273 e. The van der Waals surface area contributed by atoms with E-state index in [1.165, 1.54) is 7.05 Å². The number of carbonyl (C=O) groups is 1. The number of hydrogen-bond acceptors (Lipinski definition) is 4. The van der Waals surface area contributed by atoms with E-state index in [9.17, 15) is 9.59 Å². The number of hydrogen-bond donors (Lipinski definition) is 3. The van der Waals surface area contributed by atoms with Crippen LogP contribution >= 0.6 is 43.4 Å². The zero-order valence-corrected chi connectivity index (χ0v) is 13.7. The van der Waals surface area contributed by atoms with Gasteiger partial charge in [0.25, 0.3) is 11.5 Å². The van der Waals surface area contributed by atoms with Gasteiger partial charge in [0.2, 0.25) is 0 Å². The quantitative estimate of drug-likeness (QED) is 0.733. The number of anilines is 2. The maximum atomic E-state index is 11.7. The van der Waals surface area contributed by atoms with Crippen molar-refractivity contribution in [2.45, 2.75) is 0 Å². The number of halogens is 2. The highest BCUT2D eigenvalue weighted by Gasteiger charge is 2.17. The van der Waals surface area contributed by atoms with Crippen LogP contribution in [-0.4, -0.2) is 17.3 Å². The van der Waals surface area contributed by atoms with Gasteiger partial charge in [0.1, 0.15) is 10.6 Å². The van der Waals surface area contributed by atoms with Gasteiger partial charge in [-0.05, 0) is 29.7 Å². The fourth-order valence-electron chi connectivity index (χ4n) is 1.48. The normalized spacial score (nSPS) is 10.3. The SMILES string of the molecule is CNC(=O)c1c(Nc2cc(Br)cc(Br)c2)s[nH]c1=O. The van der Waals surface area contributed by atoms with Gasteiger partial charge in [0.05, 0.1) is 0 Å². The van der Waals surface area contributed by atoms with Gasteiger partial charge in [-0.2, -0.15) is 0 Å². The third kappa shape index (κ3) is 3.26. The fourth-order valence-corrected chi connectivity index (χ4v) is 3.53. The lowest BCUT2D eigenvalue weighted by Crippen LogP contribution is -2.24. The summed E-state index contributed by atoms with van der Waals surface area (Å²) in [6.07, 6.45) is 0. The van der Waals surface area contributed by atoms with Crippen LogP contribution in [-0.2, 0) is 0 Å². The van der Waals surface area contributed by atoms with E-state index < -0.39 is 11.5 Å². The van der Waals surface area contributed by atoms with Crippen molar-refractivity contribution in [1.82, 2.24) is 9.69 Å². The Bertz CT molecular complexity index is 661. The topological polar surface area (TPSA) is 74.0 Å². The molecule has 2 rings (SSSR count). The van der Waals surface area contributed by atoms with E-state index in [1.807, 2.05) is 18.2 Å². The van der Waals surface area contributed by atoms with Crippen LogP contribution in [0.4, 0.5) is 10.7 Å². The summed E-state index contributed by atoms with van der Waals surface area (Å²) in [5.74, 6) is -0.418. The van der Waals surface area contributed by atoms with E-state index >= 15 is 0 Å². The maximum Gasteiger partial charge on any atom is 0.273 e. The molecule has 0 radical (unpaired) electrons. The highest BCUT2D eigenvalue weighted by atomic mass is 79.9. The van der Waals surface area contributed by atoms with Crippen LogP contribution in [0.5, 0.6) is 0 Å². The predicted octanol–water partition coefficient (Wildman–Crippen LogP) is 3.06. The molecular formula is C11H9Br2N3O2S. The van der Waals surface area contributed by atoms with Crippen LogP contribution in [0.2, 0.25) is 0 Å². The summed E-state index contributed by atoms with van der Waals surface area (Å²) in [5.41, 5.74) is 0.450. The average molecular weight is 407 g/mol. The van der Waals surface area contributed by atoms with Gasteiger partial charge in [0, 0.05) is 21.7 Å². The Morgan fingerprint density at radius 3 is 2.47 bits per heavy atom. The van der Waals surface area contributed by atoms with Crippen molar-refractivity contribution in [3.8, 4) is 0 Å². The van der Waals surface area contributed by atoms with Crippen molar-refractivity contribution in [3.05, 3.63) is 43.1 Å². The summed E-state index contributed by atoms with van der Waals surface area (Å²) >= 11 is 7.84. The zero-order chi connectivity index (χ0) is 14.0. The van der Waals surface area contributed by atoms with Crippen LogP contribution in [0.3, 0.4) is 0 Å². The van der Waals surface area contributed by atoms with Crippen molar-refractivity contribution in [2.24, 2.45) is 0 Å². The monoisotopic (exact) mass is 405 g/mol. The molecule has 2 aromatic rings. The maximum absolute atomic E-state index is 11.7. The van der Waals surface area contributed by atoms with E-state index in [1.54, 1.807) is 0 Å². The molecule has 0 aliphatic carbocycles. The fraction of sp³-hybridized carbons (Fsp3) is 0.0909. The van der Waals surface area contributed by atoms with Crippen molar-refractivity contribution >= 4 is 60.0 Å². The molecule has 0 spiro atoms. The Morgan fingerprint density at radius 2 is 1.89 bits per heavy atom. The van der Waals surface area contributed by atoms with E-state index in [2.05, 4.69) is 46.9 Å². The first-order valence-corrected chi connectivity index (χ1v) is 7.58. The van der Waals surface area contributed by atoms with E-state index in [0.29, 0.717) is 5.00 Å². The molecule has 5 nitrogen and oxygen atoms in total. The highest BCUT2D eigenvalue weighted by molar-refractivity contribution is 9.11. The number of nitrogens with one attached hydrogen (secondary N) is 3. The first-order valence-electron chi connectivity index (χ1n) is 5.18. The lowest BCUT2D eigenvalue weighted by Gasteiger charge is -2.06. The minimum atomic E-state index is -0.418. The molecule has 0 aliphatic heterocycles. The number of H-pyrrole nitrogens is 1. The first-order chi connectivity index (χ1) is 9.01. The van der Waals surface area contributed by atoms with Crippen molar-refractivity contribution in [1.29, 1.82) is 0 Å². The van der Waals surface area contributed by atoms with Crippen LogP contribution < -0.4 is 16.2 Å². The van der Waals surface area contributed by atoms with Crippen LogP contribution in [0, 0.1) is 0 Å². The predicted molar refractivity (Wildman–Crippen MR) is 83.5 cm³/mol. The minimum Gasteiger partial charge on any atom is -0.355 e. The van der Waals surface area contributed by atoms with Crippen LogP contribution in [0.1, 0.15) is 10.4 Å². The molecule has 0 saturated carbocycles. The first kappa shape index (κ1) is 14.3. The number of carbonyl (C=O) groups excluding carboxylic acids is 1. The van der Waals surface area contributed by atoms with Gasteiger partial charge in [-0.25, -0.2) is 0 Å². The minimum absolute atomic E-state index is 0.0867. The second-order valence-electron chi connectivity index (χ2n) is 3.60. The molecule has 19 heavy (non-hydrogen) atoms. The summed E-state index contributed by atoms with van der Waals surface area (Å²) in [6, 6.07) is 5.59. The molecule has 1 amide bonds. The third-order valence-corrected chi connectivity index (χ3v) is 3.99. The Balaban J connectivity index is 2.39. The van der Waals surface area contributed by atoms with Crippen LogP contribution in [0.15, 0.2) is 31.9 Å². The van der Waals surface area contributed by atoms with Crippen molar-refractivity contribution in [2.75, 3.05) is 12.4 Å². The number of rotatable bonds is 3. The molecule has 1 aromatic heterocycles. The standard InChI is InChI=1S/C11H9Br2N3O2S/c1-14-9(17)8-10(18)16-19-11(8)15-7-3-5(12)2-6(13)4-7/h2-4,15H,1H3,(H,14,17)(H,16,18). The Morgan fingerprint density at radius 1 is 1.26 bits per heavy atom. The second kappa shape index (κ2) is 5.89. The van der Waals surface area contributed by atoms with Gasteiger partial charge in [-0.15, -0.1) is 0 Å². The van der Waals surface area contributed by atoms with Gasteiger partial charge in [-0.3, -0.25) is 14.0 Å². The number of aromatic amines is 1. The summed E-state index contributed by atoms with van der Waals surface area (Å²) in [5, 5.41) is 5.98. The van der Waals surface area contributed by atoms with E-state index in [0.717, 1.165) is 26.2 Å². The molecule has 0 saturated heterocycles. The zero-order valence-electron chi connectivity index (χ0n) is 9.71. The molecule has 0 fully saturated rings. The summed E-state index contributed by atoms with van der Waals surface area (Å²) in [6.45, 7) is 0. The van der Waals surface area contributed by atoms with Gasteiger partial charge in [0.15, 0.2) is 0 Å². The Labute approximate surface area is 129 Å². The second-order valence-corrected chi connectivity index (χ2v) is 6.25. The number of benzene rings is 1. The highest BCUT2D eigenvalue weighted by Crippen LogP contribution is 2.28. The van der Waals surface area contributed by atoms with E-state index in [4.69, 9.17) is 0 Å². The summed E-state index contributed by atoms with van der Waals surface area (Å²) < 4.78 is 4.31. The lowest BCUT2D eigenvalue weighted by atomic mass is 10.3. The van der Waals surface area contributed by atoms with Gasteiger partial charge < -0.3 is 10.6 Å².